The van der Waals surface area contributed by atoms with Gasteiger partial charge in [0.25, 0.3) is 0 Å². The molecule has 3 rings (SSSR count). The summed E-state index contributed by atoms with van der Waals surface area (Å²) in [4.78, 5) is 0. The smallest absolute Gasteiger partial charge is 0.184 e. The van der Waals surface area contributed by atoms with Gasteiger partial charge in [-0.25, -0.2) is 4.68 Å². The van der Waals surface area contributed by atoms with E-state index in [2.05, 4.69) is 15.5 Å². The number of aryl methyl sites for hydroxylation is 2. The van der Waals surface area contributed by atoms with Crippen molar-refractivity contribution in [1.29, 1.82) is 0 Å². The van der Waals surface area contributed by atoms with Crippen LogP contribution in [0.5, 0.6) is 0 Å². The van der Waals surface area contributed by atoms with E-state index in [0.717, 1.165) is 49.6 Å². The molecule has 2 heterocycles. The van der Waals surface area contributed by atoms with Crippen molar-refractivity contribution in [3.8, 4) is 11.4 Å². The quantitative estimate of drug-likeness (QED) is 0.857. The van der Waals surface area contributed by atoms with Crippen molar-refractivity contribution in [2.45, 2.75) is 26.3 Å². The van der Waals surface area contributed by atoms with Crippen molar-refractivity contribution >= 4 is 5.69 Å². The Morgan fingerprint density at radius 2 is 2.35 bits per heavy atom. The Balaban J connectivity index is 1.80. The third-order valence-corrected chi connectivity index (χ3v) is 3.75. The molecule has 0 radical (unpaired) electrons. The molecule has 1 fully saturated rings. The zero-order chi connectivity index (χ0) is 13.9. The first kappa shape index (κ1) is 13.1. The fourth-order valence-corrected chi connectivity index (χ4v) is 2.53. The van der Waals surface area contributed by atoms with Crippen LogP contribution in [0.4, 0.5) is 5.69 Å². The van der Waals surface area contributed by atoms with Crippen LogP contribution in [-0.2, 0) is 11.3 Å². The predicted molar refractivity (Wildman–Crippen MR) is 75.9 cm³/mol. The number of nitrogen functional groups attached to an aromatic ring is 1. The fourth-order valence-electron chi connectivity index (χ4n) is 2.53. The lowest BCUT2D eigenvalue weighted by atomic mass is 10.1. The number of hydrogen-bond acceptors (Lipinski definition) is 5. The van der Waals surface area contributed by atoms with Gasteiger partial charge in [-0.3, -0.25) is 0 Å². The highest BCUT2D eigenvalue weighted by molar-refractivity contribution is 5.71. The summed E-state index contributed by atoms with van der Waals surface area (Å²) in [7, 11) is 0. The van der Waals surface area contributed by atoms with Gasteiger partial charge in [0.15, 0.2) is 5.82 Å². The molecule has 20 heavy (non-hydrogen) atoms. The van der Waals surface area contributed by atoms with E-state index in [1.165, 1.54) is 0 Å². The largest absolute Gasteiger partial charge is 0.398 e. The lowest BCUT2D eigenvalue weighted by Gasteiger charge is -2.10. The van der Waals surface area contributed by atoms with Gasteiger partial charge in [0, 0.05) is 31.0 Å². The van der Waals surface area contributed by atoms with Gasteiger partial charge in [0.2, 0.25) is 0 Å². The maximum Gasteiger partial charge on any atom is 0.184 e. The standard InChI is InChI=1S/C14H19N5O/c1-10-2-3-13(15)12(8-10)14-16-17-18-19(14)6-4-11-5-7-20-9-11/h2-3,8,11H,4-7,9,15H2,1H3. The summed E-state index contributed by atoms with van der Waals surface area (Å²) in [6.07, 6.45) is 2.16. The minimum Gasteiger partial charge on any atom is -0.398 e. The van der Waals surface area contributed by atoms with E-state index in [9.17, 15) is 0 Å². The number of ether oxygens (including phenoxy) is 1. The molecule has 1 unspecified atom stereocenters. The van der Waals surface area contributed by atoms with Crippen molar-refractivity contribution in [2.24, 2.45) is 5.92 Å². The predicted octanol–water partition coefficient (Wildman–Crippen LogP) is 1.66. The maximum absolute atomic E-state index is 6.04. The highest BCUT2D eigenvalue weighted by Crippen LogP contribution is 2.25. The van der Waals surface area contributed by atoms with Gasteiger partial charge < -0.3 is 10.5 Å². The van der Waals surface area contributed by atoms with Crippen LogP contribution >= 0.6 is 0 Å². The second kappa shape index (κ2) is 5.58. The van der Waals surface area contributed by atoms with Gasteiger partial charge in [0.1, 0.15) is 0 Å². The van der Waals surface area contributed by atoms with Crippen LogP contribution in [0.3, 0.4) is 0 Å². The number of nitrogens with zero attached hydrogens (tertiary/aromatic N) is 4. The maximum atomic E-state index is 6.04. The van der Waals surface area contributed by atoms with Gasteiger partial charge in [-0.15, -0.1) is 5.10 Å². The molecule has 1 saturated heterocycles. The normalized spacial score (nSPS) is 18.6. The molecule has 2 N–H and O–H groups in total. The summed E-state index contributed by atoms with van der Waals surface area (Å²) in [5.41, 5.74) is 8.79. The Morgan fingerprint density at radius 1 is 1.45 bits per heavy atom. The number of rotatable bonds is 4. The summed E-state index contributed by atoms with van der Waals surface area (Å²) in [5.74, 6) is 1.35. The first-order valence-corrected chi connectivity index (χ1v) is 6.94. The first-order chi connectivity index (χ1) is 9.74. The van der Waals surface area contributed by atoms with Gasteiger partial charge in [-0.2, -0.15) is 0 Å². The van der Waals surface area contributed by atoms with Crippen molar-refractivity contribution in [2.75, 3.05) is 18.9 Å². The fraction of sp³-hybridized carbons (Fsp3) is 0.500. The molecule has 0 saturated carbocycles. The number of hydrogen-bond donors (Lipinski definition) is 1. The molecule has 1 aliphatic heterocycles. The Hall–Kier alpha value is -1.95. The monoisotopic (exact) mass is 273 g/mol. The van der Waals surface area contributed by atoms with Crippen LogP contribution in [0.25, 0.3) is 11.4 Å². The van der Waals surface area contributed by atoms with Gasteiger partial charge in [0.05, 0.1) is 0 Å². The minimum atomic E-state index is 0.613. The van der Waals surface area contributed by atoms with Crippen LogP contribution in [0, 0.1) is 12.8 Å². The third-order valence-electron chi connectivity index (χ3n) is 3.75. The molecular weight excluding hydrogens is 254 g/mol. The molecule has 0 aliphatic carbocycles. The Morgan fingerprint density at radius 3 is 3.15 bits per heavy atom. The number of anilines is 1. The molecule has 106 valence electrons. The SMILES string of the molecule is Cc1ccc(N)c(-c2nnnn2CCC2CCOC2)c1. The van der Waals surface area contributed by atoms with Crippen LogP contribution in [0.2, 0.25) is 0 Å². The van der Waals surface area contributed by atoms with Crippen LogP contribution in [-0.4, -0.2) is 33.4 Å². The molecule has 6 nitrogen and oxygen atoms in total. The highest BCUT2D eigenvalue weighted by Gasteiger charge is 2.18. The van der Waals surface area contributed by atoms with E-state index in [1.54, 1.807) is 0 Å². The van der Waals surface area contributed by atoms with Crippen molar-refractivity contribution in [1.82, 2.24) is 20.2 Å². The molecule has 1 aromatic heterocycles. The molecule has 1 aliphatic rings. The van der Waals surface area contributed by atoms with Crippen LogP contribution < -0.4 is 5.73 Å². The molecule has 0 amide bonds. The molecule has 0 bridgehead atoms. The zero-order valence-electron chi connectivity index (χ0n) is 11.6. The lowest BCUT2D eigenvalue weighted by molar-refractivity contribution is 0.183. The second-order valence-corrected chi connectivity index (χ2v) is 5.33. The zero-order valence-corrected chi connectivity index (χ0v) is 11.6. The van der Waals surface area contributed by atoms with E-state index in [1.807, 2.05) is 29.8 Å². The molecule has 6 heteroatoms. The summed E-state index contributed by atoms with van der Waals surface area (Å²) in [5, 5.41) is 12.0. The first-order valence-electron chi connectivity index (χ1n) is 6.94. The average Bonchev–Trinajstić information content (AvgIpc) is 3.09. The lowest BCUT2D eigenvalue weighted by Crippen LogP contribution is -2.09. The summed E-state index contributed by atoms with van der Waals surface area (Å²) in [6, 6.07) is 5.91. The van der Waals surface area contributed by atoms with E-state index in [4.69, 9.17) is 10.5 Å². The van der Waals surface area contributed by atoms with Crippen molar-refractivity contribution in [3.05, 3.63) is 23.8 Å². The Labute approximate surface area is 117 Å². The van der Waals surface area contributed by atoms with Crippen molar-refractivity contribution in [3.63, 3.8) is 0 Å². The molecular formula is C14H19N5O. The molecule has 0 spiro atoms. The number of nitrogens with two attached hydrogens (primary N) is 1. The highest BCUT2D eigenvalue weighted by atomic mass is 16.5. The molecule has 1 atom stereocenters. The van der Waals surface area contributed by atoms with Crippen LogP contribution in [0.15, 0.2) is 18.2 Å². The number of tetrazole rings is 1. The molecule has 1 aromatic carbocycles. The Kier molecular flexibility index (Phi) is 3.64. The average molecular weight is 273 g/mol. The minimum absolute atomic E-state index is 0.613. The van der Waals surface area contributed by atoms with E-state index >= 15 is 0 Å². The summed E-state index contributed by atoms with van der Waals surface area (Å²) < 4.78 is 7.23. The van der Waals surface area contributed by atoms with E-state index in [-0.39, 0.29) is 0 Å². The third kappa shape index (κ3) is 2.65. The van der Waals surface area contributed by atoms with E-state index in [0.29, 0.717) is 11.6 Å². The summed E-state index contributed by atoms with van der Waals surface area (Å²) in [6.45, 7) is 4.55. The molecule has 2 aromatic rings. The number of benzene rings is 1. The van der Waals surface area contributed by atoms with Crippen molar-refractivity contribution < 1.29 is 4.74 Å². The number of aromatic nitrogens is 4. The van der Waals surface area contributed by atoms with Gasteiger partial charge in [-0.1, -0.05) is 11.6 Å². The summed E-state index contributed by atoms with van der Waals surface area (Å²) >= 11 is 0. The topological polar surface area (TPSA) is 78.9 Å². The van der Waals surface area contributed by atoms with E-state index < -0.39 is 0 Å². The Bertz CT molecular complexity index is 589. The van der Waals surface area contributed by atoms with Gasteiger partial charge in [-0.05, 0) is 48.2 Å². The van der Waals surface area contributed by atoms with Gasteiger partial charge >= 0.3 is 0 Å². The van der Waals surface area contributed by atoms with Crippen LogP contribution in [0.1, 0.15) is 18.4 Å². The second-order valence-electron chi connectivity index (χ2n) is 5.33.